The average molecular weight is 252 g/mol. The molecule has 1 aromatic rings. The Morgan fingerprint density at radius 3 is 2.28 bits per heavy atom. The van der Waals surface area contributed by atoms with Gasteiger partial charge in [0, 0.05) is 19.3 Å². The molecule has 0 spiro atoms. The number of carbonyl (C=O) groups is 1. The molecule has 0 atom stereocenters. The van der Waals surface area contributed by atoms with Gasteiger partial charge in [-0.2, -0.15) is 5.10 Å². The highest BCUT2D eigenvalue weighted by Gasteiger charge is 2.16. The first kappa shape index (κ1) is 14.5. The highest BCUT2D eigenvalue weighted by atomic mass is 16.2. The van der Waals surface area contributed by atoms with Crippen molar-refractivity contribution in [2.24, 2.45) is 11.8 Å². The number of hydrogen-bond acceptors (Lipinski definition) is 3. The molecule has 0 aliphatic carbocycles. The molecule has 0 fully saturated rings. The van der Waals surface area contributed by atoms with Crippen molar-refractivity contribution < 1.29 is 4.79 Å². The minimum atomic E-state index is 0.0977. The Bertz CT molecular complexity index is 374. The fraction of sp³-hybridized carbons (Fsp3) is 0.692. The number of nitrogen functional groups attached to an aromatic ring is 1. The molecule has 0 unspecified atom stereocenters. The first-order valence-corrected chi connectivity index (χ1v) is 6.45. The van der Waals surface area contributed by atoms with Crippen molar-refractivity contribution in [1.29, 1.82) is 0 Å². The first-order valence-electron chi connectivity index (χ1n) is 6.45. The highest BCUT2D eigenvalue weighted by Crippen LogP contribution is 2.06. The first-order chi connectivity index (χ1) is 8.38. The van der Waals surface area contributed by atoms with Crippen molar-refractivity contribution in [3.05, 3.63) is 12.3 Å². The molecule has 5 heteroatoms. The SMILES string of the molecule is CC(C)CN(CC(C)C)C(=O)Cn1ccc(N)n1. The molecule has 102 valence electrons. The van der Waals surface area contributed by atoms with E-state index in [1.807, 2.05) is 4.90 Å². The van der Waals surface area contributed by atoms with Gasteiger partial charge in [-0.15, -0.1) is 0 Å². The summed E-state index contributed by atoms with van der Waals surface area (Å²) in [7, 11) is 0. The minimum absolute atomic E-state index is 0.0977. The van der Waals surface area contributed by atoms with Crippen LogP contribution in [-0.2, 0) is 11.3 Å². The lowest BCUT2D eigenvalue weighted by molar-refractivity contribution is -0.133. The van der Waals surface area contributed by atoms with Gasteiger partial charge >= 0.3 is 0 Å². The summed E-state index contributed by atoms with van der Waals surface area (Å²) in [6, 6.07) is 1.70. The van der Waals surface area contributed by atoms with Crippen molar-refractivity contribution in [2.45, 2.75) is 34.2 Å². The zero-order valence-electron chi connectivity index (χ0n) is 11.8. The molecule has 1 rings (SSSR count). The number of anilines is 1. The van der Waals surface area contributed by atoms with E-state index in [4.69, 9.17) is 5.73 Å². The van der Waals surface area contributed by atoms with Gasteiger partial charge in [0.1, 0.15) is 12.4 Å². The lowest BCUT2D eigenvalue weighted by Crippen LogP contribution is -2.39. The Kier molecular flexibility index (Phi) is 5.19. The molecule has 0 radical (unpaired) electrons. The predicted octanol–water partition coefficient (Wildman–Crippen LogP) is 1.61. The highest BCUT2D eigenvalue weighted by molar-refractivity contribution is 5.76. The van der Waals surface area contributed by atoms with Crippen molar-refractivity contribution in [3.8, 4) is 0 Å². The summed E-state index contributed by atoms with van der Waals surface area (Å²) in [5.74, 6) is 1.48. The van der Waals surface area contributed by atoms with Crippen LogP contribution in [0.3, 0.4) is 0 Å². The second-order valence-corrected chi connectivity index (χ2v) is 5.52. The summed E-state index contributed by atoms with van der Waals surface area (Å²) in [5.41, 5.74) is 5.54. The lowest BCUT2D eigenvalue weighted by atomic mass is 10.1. The predicted molar refractivity (Wildman–Crippen MR) is 72.9 cm³/mol. The van der Waals surface area contributed by atoms with Gasteiger partial charge < -0.3 is 10.6 Å². The van der Waals surface area contributed by atoms with Crippen LogP contribution >= 0.6 is 0 Å². The van der Waals surface area contributed by atoms with Crippen LogP contribution in [-0.4, -0.2) is 33.7 Å². The van der Waals surface area contributed by atoms with Crippen LogP contribution in [0.25, 0.3) is 0 Å². The molecular formula is C13H24N4O. The van der Waals surface area contributed by atoms with Crippen molar-refractivity contribution in [2.75, 3.05) is 18.8 Å². The van der Waals surface area contributed by atoms with Gasteiger partial charge in [-0.25, -0.2) is 0 Å². The van der Waals surface area contributed by atoms with Crippen LogP contribution in [0.1, 0.15) is 27.7 Å². The number of hydrogen-bond donors (Lipinski definition) is 1. The quantitative estimate of drug-likeness (QED) is 0.836. The molecular weight excluding hydrogens is 228 g/mol. The standard InChI is InChI=1S/C13H24N4O/c1-10(2)7-16(8-11(3)4)13(18)9-17-6-5-12(14)15-17/h5-6,10-11H,7-9H2,1-4H3,(H2,14,15). The third-order valence-electron chi connectivity index (χ3n) is 2.48. The molecule has 1 amide bonds. The number of nitrogens with two attached hydrogens (primary N) is 1. The van der Waals surface area contributed by atoms with Crippen LogP contribution in [0.5, 0.6) is 0 Å². The third-order valence-corrected chi connectivity index (χ3v) is 2.48. The van der Waals surface area contributed by atoms with E-state index in [9.17, 15) is 4.79 Å². The van der Waals surface area contributed by atoms with Crippen molar-refractivity contribution in [3.63, 3.8) is 0 Å². The molecule has 2 N–H and O–H groups in total. The van der Waals surface area contributed by atoms with Gasteiger partial charge in [0.2, 0.25) is 5.91 Å². The number of carbonyl (C=O) groups excluding carboxylic acids is 1. The Morgan fingerprint density at radius 1 is 1.33 bits per heavy atom. The number of amides is 1. The Morgan fingerprint density at radius 2 is 1.89 bits per heavy atom. The van der Waals surface area contributed by atoms with Crippen LogP contribution < -0.4 is 5.73 Å². The Balaban J connectivity index is 2.63. The molecule has 0 aliphatic heterocycles. The smallest absolute Gasteiger partial charge is 0.244 e. The van der Waals surface area contributed by atoms with Gasteiger partial charge in [0.25, 0.3) is 0 Å². The number of rotatable bonds is 6. The molecule has 0 saturated heterocycles. The summed E-state index contributed by atoms with van der Waals surface area (Å²) in [4.78, 5) is 14.1. The van der Waals surface area contributed by atoms with E-state index in [1.165, 1.54) is 0 Å². The molecule has 0 bridgehead atoms. The molecule has 1 heterocycles. The van der Waals surface area contributed by atoms with Gasteiger partial charge in [-0.1, -0.05) is 27.7 Å². The minimum Gasteiger partial charge on any atom is -0.382 e. The van der Waals surface area contributed by atoms with E-state index in [1.54, 1.807) is 16.9 Å². The van der Waals surface area contributed by atoms with Gasteiger partial charge in [0.15, 0.2) is 0 Å². The van der Waals surface area contributed by atoms with E-state index < -0.39 is 0 Å². The summed E-state index contributed by atoms with van der Waals surface area (Å²) in [5, 5.41) is 4.04. The lowest BCUT2D eigenvalue weighted by Gasteiger charge is -2.26. The Hall–Kier alpha value is -1.52. The van der Waals surface area contributed by atoms with E-state index in [-0.39, 0.29) is 12.5 Å². The largest absolute Gasteiger partial charge is 0.382 e. The molecule has 0 aliphatic rings. The van der Waals surface area contributed by atoms with E-state index in [0.717, 1.165) is 13.1 Å². The molecule has 0 aromatic carbocycles. The molecule has 0 saturated carbocycles. The van der Waals surface area contributed by atoms with E-state index in [0.29, 0.717) is 17.7 Å². The maximum Gasteiger partial charge on any atom is 0.244 e. The van der Waals surface area contributed by atoms with Gasteiger partial charge in [0.05, 0.1) is 0 Å². The topological polar surface area (TPSA) is 64.2 Å². The molecule has 18 heavy (non-hydrogen) atoms. The zero-order chi connectivity index (χ0) is 13.7. The summed E-state index contributed by atoms with van der Waals surface area (Å²) >= 11 is 0. The summed E-state index contributed by atoms with van der Waals surface area (Å²) in [6.07, 6.45) is 1.73. The summed E-state index contributed by atoms with van der Waals surface area (Å²) < 4.78 is 1.59. The maximum atomic E-state index is 12.2. The maximum absolute atomic E-state index is 12.2. The monoisotopic (exact) mass is 252 g/mol. The summed E-state index contributed by atoms with van der Waals surface area (Å²) in [6.45, 7) is 10.3. The van der Waals surface area contributed by atoms with Gasteiger partial charge in [-0.05, 0) is 17.9 Å². The van der Waals surface area contributed by atoms with Crippen molar-refractivity contribution in [1.82, 2.24) is 14.7 Å². The fourth-order valence-electron chi connectivity index (χ4n) is 1.86. The second-order valence-electron chi connectivity index (χ2n) is 5.52. The van der Waals surface area contributed by atoms with E-state index in [2.05, 4.69) is 32.8 Å². The number of aromatic nitrogens is 2. The van der Waals surface area contributed by atoms with Crippen LogP contribution in [0, 0.1) is 11.8 Å². The molecule has 5 nitrogen and oxygen atoms in total. The van der Waals surface area contributed by atoms with E-state index >= 15 is 0 Å². The Labute approximate surface area is 109 Å². The van der Waals surface area contributed by atoms with Crippen LogP contribution in [0.4, 0.5) is 5.82 Å². The molecule has 1 aromatic heterocycles. The van der Waals surface area contributed by atoms with Gasteiger partial charge in [-0.3, -0.25) is 9.48 Å². The normalized spacial score (nSPS) is 11.2. The van der Waals surface area contributed by atoms with Crippen molar-refractivity contribution >= 4 is 11.7 Å². The zero-order valence-corrected chi connectivity index (χ0v) is 11.8. The second kappa shape index (κ2) is 6.42. The van der Waals surface area contributed by atoms with Crippen LogP contribution in [0.15, 0.2) is 12.3 Å². The fourth-order valence-corrected chi connectivity index (χ4v) is 1.86. The third kappa shape index (κ3) is 4.77. The number of nitrogens with zero attached hydrogens (tertiary/aromatic N) is 3. The average Bonchev–Trinajstić information content (AvgIpc) is 2.61. The van der Waals surface area contributed by atoms with Crippen LogP contribution in [0.2, 0.25) is 0 Å².